The molecule has 0 aliphatic carbocycles. The van der Waals surface area contributed by atoms with Crippen molar-refractivity contribution in [1.82, 2.24) is 0 Å². The number of hydrogen-bond acceptors (Lipinski definition) is 4. The molecule has 0 aromatic heterocycles. The molecule has 2 N–H and O–H groups in total. The Balaban J connectivity index is 3.52. The van der Waals surface area contributed by atoms with Crippen LogP contribution in [0, 0.1) is 0 Å². The van der Waals surface area contributed by atoms with Gasteiger partial charge in [0.05, 0.1) is 13.2 Å². The first-order chi connectivity index (χ1) is 5.74. The minimum atomic E-state index is -0.771. The molecule has 0 aromatic carbocycles. The summed E-state index contributed by atoms with van der Waals surface area (Å²) in [5.41, 5.74) is 0. The predicted molar refractivity (Wildman–Crippen MR) is 47.1 cm³/mol. The average Bonchev–Trinajstić information content (AvgIpc) is 2.10. The normalized spacial score (nSPS) is 10.3. The second-order valence-corrected chi connectivity index (χ2v) is 3.06. The highest BCUT2D eigenvalue weighted by Gasteiger charge is 2.11. The standard InChI is InChI=1S/C7H13BrO4/c8-3-1-2-7(11)12-6(4-9)5-10/h6,9-10H,1-5H2. The first kappa shape index (κ1) is 11.9. The molecule has 0 fully saturated rings. The zero-order chi connectivity index (χ0) is 9.40. The summed E-state index contributed by atoms with van der Waals surface area (Å²) in [6, 6.07) is 0. The molecule has 0 aromatic rings. The van der Waals surface area contributed by atoms with Gasteiger partial charge in [-0.3, -0.25) is 4.79 Å². The minimum Gasteiger partial charge on any atom is -0.457 e. The number of carbonyl (C=O) groups excluding carboxylic acids is 1. The Hall–Kier alpha value is -0.130. The Labute approximate surface area is 79.7 Å². The van der Waals surface area contributed by atoms with Crippen LogP contribution in [0.3, 0.4) is 0 Å². The third kappa shape index (κ3) is 5.51. The molecule has 0 amide bonds. The molecule has 0 rings (SSSR count). The zero-order valence-electron chi connectivity index (χ0n) is 6.70. The van der Waals surface area contributed by atoms with E-state index in [1.807, 2.05) is 0 Å². The van der Waals surface area contributed by atoms with Crippen LogP contribution < -0.4 is 0 Å². The fraction of sp³-hybridized carbons (Fsp3) is 0.857. The van der Waals surface area contributed by atoms with E-state index in [1.54, 1.807) is 0 Å². The van der Waals surface area contributed by atoms with E-state index in [1.165, 1.54) is 0 Å². The largest absolute Gasteiger partial charge is 0.457 e. The first-order valence-electron chi connectivity index (χ1n) is 3.71. The number of hydrogen-bond donors (Lipinski definition) is 2. The van der Waals surface area contributed by atoms with Crippen molar-refractivity contribution < 1.29 is 19.7 Å². The molecule has 0 saturated carbocycles. The van der Waals surface area contributed by atoms with Crippen LogP contribution in [-0.4, -0.2) is 40.8 Å². The molecular formula is C7H13BrO4. The van der Waals surface area contributed by atoms with E-state index in [9.17, 15) is 4.79 Å². The van der Waals surface area contributed by atoms with Gasteiger partial charge in [0, 0.05) is 11.8 Å². The molecular weight excluding hydrogens is 228 g/mol. The molecule has 0 spiro atoms. The van der Waals surface area contributed by atoms with Gasteiger partial charge in [-0.2, -0.15) is 0 Å². The zero-order valence-corrected chi connectivity index (χ0v) is 8.29. The number of halogens is 1. The van der Waals surface area contributed by atoms with E-state index in [-0.39, 0.29) is 19.2 Å². The number of esters is 1. The molecule has 72 valence electrons. The van der Waals surface area contributed by atoms with E-state index in [4.69, 9.17) is 14.9 Å². The lowest BCUT2D eigenvalue weighted by Crippen LogP contribution is -2.25. The molecule has 0 unspecified atom stereocenters. The molecule has 12 heavy (non-hydrogen) atoms. The molecule has 0 heterocycles. The molecule has 0 radical (unpaired) electrons. The van der Waals surface area contributed by atoms with Crippen LogP contribution in [0.4, 0.5) is 0 Å². The number of rotatable bonds is 6. The Kier molecular flexibility index (Phi) is 7.43. The summed E-state index contributed by atoms with van der Waals surface area (Å²) < 4.78 is 4.69. The van der Waals surface area contributed by atoms with Gasteiger partial charge in [-0.05, 0) is 6.42 Å². The van der Waals surface area contributed by atoms with Gasteiger partial charge in [-0.25, -0.2) is 0 Å². The maximum Gasteiger partial charge on any atom is 0.306 e. The van der Waals surface area contributed by atoms with Crippen molar-refractivity contribution in [2.24, 2.45) is 0 Å². The second-order valence-electron chi connectivity index (χ2n) is 2.27. The molecule has 4 nitrogen and oxygen atoms in total. The Bertz CT molecular complexity index is 125. The van der Waals surface area contributed by atoms with Crippen LogP contribution in [0.15, 0.2) is 0 Å². The number of ether oxygens (including phenoxy) is 1. The molecule has 0 aliphatic rings. The summed E-state index contributed by atoms with van der Waals surface area (Å²) >= 11 is 3.17. The van der Waals surface area contributed by atoms with Crippen molar-refractivity contribution in [3.8, 4) is 0 Å². The molecule has 5 heteroatoms. The predicted octanol–water partition coefficient (Wildman–Crippen LogP) is 0.0579. The highest BCUT2D eigenvalue weighted by Crippen LogP contribution is 1.99. The van der Waals surface area contributed by atoms with Crippen molar-refractivity contribution in [2.75, 3.05) is 18.5 Å². The average molecular weight is 241 g/mol. The summed E-state index contributed by atoms with van der Waals surface area (Å²) in [5, 5.41) is 17.8. The highest BCUT2D eigenvalue weighted by atomic mass is 79.9. The van der Waals surface area contributed by atoms with Gasteiger partial charge in [0.2, 0.25) is 0 Å². The van der Waals surface area contributed by atoms with Crippen molar-refractivity contribution in [3.63, 3.8) is 0 Å². The number of alkyl halides is 1. The first-order valence-corrected chi connectivity index (χ1v) is 4.84. The van der Waals surface area contributed by atoms with Crippen molar-refractivity contribution in [2.45, 2.75) is 18.9 Å². The summed E-state index contributed by atoms with van der Waals surface area (Å²) in [6.45, 7) is -0.674. The molecule has 0 atom stereocenters. The summed E-state index contributed by atoms with van der Waals surface area (Å²) in [6.07, 6.45) is 0.234. The van der Waals surface area contributed by atoms with Crippen LogP contribution in [0.2, 0.25) is 0 Å². The number of aliphatic hydroxyl groups is 2. The second kappa shape index (κ2) is 7.52. The van der Waals surface area contributed by atoms with E-state index in [0.717, 1.165) is 5.33 Å². The van der Waals surface area contributed by atoms with Gasteiger partial charge < -0.3 is 14.9 Å². The monoisotopic (exact) mass is 240 g/mol. The lowest BCUT2D eigenvalue weighted by molar-refractivity contribution is -0.153. The van der Waals surface area contributed by atoms with Gasteiger partial charge in [-0.15, -0.1) is 0 Å². The summed E-state index contributed by atoms with van der Waals surface area (Å²) in [4.78, 5) is 10.9. The Morgan fingerprint density at radius 1 is 1.42 bits per heavy atom. The minimum absolute atomic E-state index is 0.307. The third-order valence-corrected chi connectivity index (χ3v) is 1.78. The van der Waals surface area contributed by atoms with Gasteiger partial charge in [0.1, 0.15) is 6.10 Å². The fourth-order valence-electron chi connectivity index (χ4n) is 0.588. The Morgan fingerprint density at radius 2 is 2.00 bits per heavy atom. The molecule has 0 bridgehead atoms. The SMILES string of the molecule is O=C(CCCBr)OC(CO)CO. The summed E-state index contributed by atoms with van der Waals surface area (Å²) in [7, 11) is 0. The smallest absolute Gasteiger partial charge is 0.306 e. The number of aliphatic hydroxyl groups excluding tert-OH is 2. The van der Waals surface area contributed by atoms with Crippen molar-refractivity contribution >= 4 is 21.9 Å². The fourth-order valence-corrected chi connectivity index (χ4v) is 0.869. The van der Waals surface area contributed by atoms with Crippen molar-refractivity contribution in [3.05, 3.63) is 0 Å². The quantitative estimate of drug-likeness (QED) is 0.509. The highest BCUT2D eigenvalue weighted by molar-refractivity contribution is 9.09. The van der Waals surface area contributed by atoms with E-state index >= 15 is 0 Å². The topological polar surface area (TPSA) is 66.8 Å². The van der Waals surface area contributed by atoms with Gasteiger partial charge in [0.25, 0.3) is 0 Å². The maximum absolute atomic E-state index is 10.9. The Morgan fingerprint density at radius 3 is 2.42 bits per heavy atom. The van der Waals surface area contributed by atoms with Gasteiger partial charge in [0.15, 0.2) is 0 Å². The van der Waals surface area contributed by atoms with Gasteiger partial charge in [-0.1, -0.05) is 15.9 Å². The van der Waals surface area contributed by atoms with Crippen LogP contribution in [0.25, 0.3) is 0 Å². The number of carbonyl (C=O) groups is 1. The van der Waals surface area contributed by atoms with E-state index in [2.05, 4.69) is 15.9 Å². The van der Waals surface area contributed by atoms with Crippen LogP contribution in [-0.2, 0) is 9.53 Å². The lowest BCUT2D eigenvalue weighted by Gasteiger charge is -2.11. The van der Waals surface area contributed by atoms with E-state index in [0.29, 0.717) is 12.8 Å². The van der Waals surface area contributed by atoms with Crippen LogP contribution in [0.5, 0.6) is 0 Å². The van der Waals surface area contributed by atoms with Crippen molar-refractivity contribution in [1.29, 1.82) is 0 Å². The lowest BCUT2D eigenvalue weighted by atomic mass is 10.3. The van der Waals surface area contributed by atoms with Crippen LogP contribution >= 0.6 is 15.9 Å². The maximum atomic E-state index is 10.9. The van der Waals surface area contributed by atoms with Crippen LogP contribution in [0.1, 0.15) is 12.8 Å². The van der Waals surface area contributed by atoms with Gasteiger partial charge >= 0.3 is 5.97 Å². The summed E-state index contributed by atoms with van der Waals surface area (Å²) in [5.74, 6) is -0.387. The van der Waals surface area contributed by atoms with E-state index < -0.39 is 6.10 Å². The molecule has 0 aliphatic heterocycles. The third-order valence-electron chi connectivity index (χ3n) is 1.22. The molecule has 0 saturated heterocycles.